The quantitative estimate of drug-likeness (QED) is 0.732. The maximum Gasteiger partial charge on any atom is 0.0655 e. The molecule has 0 spiro atoms. The Balaban J connectivity index is 2.29. The van der Waals surface area contributed by atoms with Gasteiger partial charge in [-0.25, -0.2) is 0 Å². The van der Waals surface area contributed by atoms with Gasteiger partial charge in [-0.1, -0.05) is 34.1 Å². The molecule has 90 valence electrons. The SMILES string of the molecule is CCOC1CC(NCC(C)CC)C1(C)C. The highest BCUT2D eigenvalue weighted by atomic mass is 16.5. The Kier molecular flexibility index (Phi) is 4.60. The van der Waals surface area contributed by atoms with E-state index in [1.165, 1.54) is 12.8 Å². The van der Waals surface area contributed by atoms with Gasteiger partial charge in [-0.15, -0.1) is 0 Å². The number of hydrogen-bond donors (Lipinski definition) is 1. The highest BCUT2D eigenvalue weighted by molar-refractivity contribution is 5.02. The molecule has 0 radical (unpaired) electrons. The van der Waals surface area contributed by atoms with Crippen LogP contribution in [-0.4, -0.2) is 25.3 Å². The fourth-order valence-corrected chi connectivity index (χ4v) is 2.20. The molecule has 3 unspecified atom stereocenters. The van der Waals surface area contributed by atoms with Crippen molar-refractivity contribution in [3.05, 3.63) is 0 Å². The second-order valence-corrected chi connectivity index (χ2v) is 5.48. The van der Waals surface area contributed by atoms with Crippen LogP contribution in [-0.2, 0) is 4.74 Å². The summed E-state index contributed by atoms with van der Waals surface area (Å²) < 4.78 is 5.72. The maximum atomic E-state index is 5.72. The lowest BCUT2D eigenvalue weighted by atomic mass is 9.64. The van der Waals surface area contributed by atoms with E-state index in [-0.39, 0.29) is 0 Å². The fourth-order valence-electron chi connectivity index (χ4n) is 2.20. The normalized spacial score (nSPS) is 31.0. The third-order valence-electron chi connectivity index (χ3n) is 3.96. The van der Waals surface area contributed by atoms with Gasteiger partial charge in [0.1, 0.15) is 0 Å². The minimum atomic E-state index is 0.309. The van der Waals surface area contributed by atoms with Crippen LogP contribution in [0.25, 0.3) is 0 Å². The summed E-state index contributed by atoms with van der Waals surface area (Å²) in [5, 5.41) is 3.67. The van der Waals surface area contributed by atoms with Gasteiger partial charge in [-0.05, 0) is 25.8 Å². The first-order chi connectivity index (χ1) is 7.02. The van der Waals surface area contributed by atoms with Crippen molar-refractivity contribution >= 4 is 0 Å². The third kappa shape index (κ3) is 2.94. The van der Waals surface area contributed by atoms with Crippen molar-refractivity contribution < 1.29 is 4.74 Å². The summed E-state index contributed by atoms with van der Waals surface area (Å²) in [6.45, 7) is 13.2. The average Bonchev–Trinajstić information content (AvgIpc) is 2.21. The fraction of sp³-hybridized carbons (Fsp3) is 1.00. The molecule has 0 heterocycles. The van der Waals surface area contributed by atoms with E-state index in [4.69, 9.17) is 4.74 Å². The van der Waals surface area contributed by atoms with E-state index in [0.717, 1.165) is 19.1 Å². The van der Waals surface area contributed by atoms with Crippen LogP contribution in [0.2, 0.25) is 0 Å². The van der Waals surface area contributed by atoms with E-state index in [1.54, 1.807) is 0 Å². The van der Waals surface area contributed by atoms with Crippen LogP contribution >= 0.6 is 0 Å². The summed E-state index contributed by atoms with van der Waals surface area (Å²) in [5.41, 5.74) is 0.309. The van der Waals surface area contributed by atoms with Crippen LogP contribution in [0.5, 0.6) is 0 Å². The average molecular weight is 213 g/mol. The van der Waals surface area contributed by atoms with Crippen LogP contribution < -0.4 is 5.32 Å². The molecule has 1 aliphatic rings. The molecule has 0 aromatic rings. The molecule has 0 aromatic carbocycles. The van der Waals surface area contributed by atoms with Gasteiger partial charge in [-0.2, -0.15) is 0 Å². The summed E-state index contributed by atoms with van der Waals surface area (Å²) in [6.07, 6.45) is 2.89. The Bertz CT molecular complexity index is 191. The molecule has 0 amide bonds. The molecule has 15 heavy (non-hydrogen) atoms. The monoisotopic (exact) mass is 213 g/mol. The van der Waals surface area contributed by atoms with Gasteiger partial charge in [-0.3, -0.25) is 0 Å². The summed E-state index contributed by atoms with van der Waals surface area (Å²) >= 11 is 0. The van der Waals surface area contributed by atoms with Crippen LogP contribution in [0.1, 0.15) is 47.5 Å². The Hall–Kier alpha value is -0.0800. The van der Waals surface area contributed by atoms with Gasteiger partial charge in [0.25, 0.3) is 0 Å². The Morgan fingerprint density at radius 2 is 2.07 bits per heavy atom. The van der Waals surface area contributed by atoms with E-state index in [1.807, 2.05) is 0 Å². The van der Waals surface area contributed by atoms with Gasteiger partial charge >= 0.3 is 0 Å². The molecule has 0 aliphatic heterocycles. The molecule has 1 saturated carbocycles. The Labute approximate surface area is 94.8 Å². The molecule has 0 saturated heterocycles. The molecule has 1 fully saturated rings. The summed E-state index contributed by atoms with van der Waals surface area (Å²) in [4.78, 5) is 0. The zero-order valence-electron chi connectivity index (χ0n) is 11.0. The highest BCUT2D eigenvalue weighted by Gasteiger charge is 2.48. The predicted molar refractivity (Wildman–Crippen MR) is 65.1 cm³/mol. The standard InChI is InChI=1S/C13H27NO/c1-6-10(3)9-14-11-8-12(15-7-2)13(11,4)5/h10-12,14H,6-9H2,1-5H3. The van der Waals surface area contributed by atoms with Crippen LogP contribution in [0.4, 0.5) is 0 Å². The van der Waals surface area contributed by atoms with Crippen molar-refractivity contribution in [2.75, 3.05) is 13.2 Å². The smallest absolute Gasteiger partial charge is 0.0655 e. The summed E-state index contributed by atoms with van der Waals surface area (Å²) in [7, 11) is 0. The first kappa shape index (κ1) is 13.0. The second kappa shape index (κ2) is 5.31. The number of nitrogens with one attached hydrogen (secondary N) is 1. The van der Waals surface area contributed by atoms with E-state index < -0.39 is 0 Å². The molecular formula is C13H27NO. The van der Waals surface area contributed by atoms with Crippen LogP contribution in [0.15, 0.2) is 0 Å². The number of hydrogen-bond acceptors (Lipinski definition) is 2. The van der Waals surface area contributed by atoms with E-state index in [0.29, 0.717) is 17.6 Å². The maximum absolute atomic E-state index is 5.72. The van der Waals surface area contributed by atoms with Crippen molar-refractivity contribution in [2.45, 2.75) is 59.6 Å². The lowest BCUT2D eigenvalue weighted by Crippen LogP contribution is -2.61. The van der Waals surface area contributed by atoms with Gasteiger partial charge in [0, 0.05) is 18.1 Å². The molecule has 1 rings (SSSR count). The van der Waals surface area contributed by atoms with Crippen molar-refractivity contribution in [3.8, 4) is 0 Å². The zero-order valence-corrected chi connectivity index (χ0v) is 11.0. The molecule has 1 N–H and O–H groups in total. The van der Waals surface area contributed by atoms with E-state index in [2.05, 4.69) is 39.9 Å². The largest absolute Gasteiger partial charge is 0.378 e. The first-order valence-corrected chi connectivity index (χ1v) is 6.37. The summed E-state index contributed by atoms with van der Waals surface area (Å²) in [5.74, 6) is 0.784. The van der Waals surface area contributed by atoms with E-state index in [9.17, 15) is 0 Å². The van der Waals surface area contributed by atoms with Crippen LogP contribution in [0, 0.1) is 11.3 Å². The molecule has 3 atom stereocenters. The minimum absolute atomic E-state index is 0.309. The Morgan fingerprint density at radius 3 is 2.53 bits per heavy atom. The van der Waals surface area contributed by atoms with Gasteiger partial charge in [0.2, 0.25) is 0 Å². The lowest BCUT2D eigenvalue weighted by Gasteiger charge is -2.52. The molecule has 2 heteroatoms. The molecule has 0 bridgehead atoms. The predicted octanol–water partition coefficient (Wildman–Crippen LogP) is 2.83. The van der Waals surface area contributed by atoms with Crippen molar-refractivity contribution in [2.24, 2.45) is 11.3 Å². The molecule has 0 aromatic heterocycles. The minimum Gasteiger partial charge on any atom is -0.378 e. The van der Waals surface area contributed by atoms with Gasteiger partial charge in [0.15, 0.2) is 0 Å². The van der Waals surface area contributed by atoms with E-state index >= 15 is 0 Å². The van der Waals surface area contributed by atoms with Gasteiger partial charge in [0.05, 0.1) is 6.10 Å². The third-order valence-corrected chi connectivity index (χ3v) is 3.96. The molecular weight excluding hydrogens is 186 g/mol. The van der Waals surface area contributed by atoms with Crippen LogP contribution in [0.3, 0.4) is 0 Å². The summed E-state index contributed by atoms with van der Waals surface area (Å²) in [6, 6.07) is 0.642. The number of ether oxygens (including phenoxy) is 1. The van der Waals surface area contributed by atoms with Crippen molar-refractivity contribution in [3.63, 3.8) is 0 Å². The Morgan fingerprint density at radius 1 is 1.40 bits per heavy atom. The number of rotatable bonds is 6. The highest BCUT2D eigenvalue weighted by Crippen LogP contribution is 2.42. The van der Waals surface area contributed by atoms with Crippen molar-refractivity contribution in [1.82, 2.24) is 5.32 Å². The van der Waals surface area contributed by atoms with Crippen molar-refractivity contribution in [1.29, 1.82) is 0 Å². The lowest BCUT2D eigenvalue weighted by molar-refractivity contribution is -0.114. The first-order valence-electron chi connectivity index (χ1n) is 6.37. The second-order valence-electron chi connectivity index (χ2n) is 5.48. The topological polar surface area (TPSA) is 21.3 Å². The zero-order chi connectivity index (χ0) is 11.5. The molecule has 2 nitrogen and oxygen atoms in total. The molecule has 1 aliphatic carbocycles. The van der Waals surface area contributed by atoms with Gasteiger partial charge < -0.3 is 10.1 Å².